The van der Waals surface area contributed by atoms with Gasteiger partial charge >= 0.3 is 12.1 Å². The van der Waals surface area contributed by atoms with Gasteiger partial charge in [0.05, 0.1) is 7.11 Å². The van der Waals surface area contributed by atoms with Crippen molar-refractivity contribution in [2.75, 3.05) is 20.2 Å². The largest absolute Gasteiger partial charge is 0.453 e. The molecule has 3 amide bonds. The summed E-state index contributed by atoms with van der Waals surface area (Å²) < 4.78 is 4.75. The second kappa shape index (κ2) is 8.86. The van der Waals surface area contributed by atoms with Gasteiger partial charge in [-0.05, 0) is 25.7 Å². The number of ether oxygens (including phenoxy) is 1. The van der Waals surface area contributed by atoms with Crippen molar-refractivity contribution in [2.24, 2.45) is 0 Å². The molecule has 0 radical (unpaired) electrons. The highest BCUT2D eigenvalue weighted by Gasteiger charge is 2.25. The van der Waals surface area contributed by atoms with Gasteiger partial charge in [-0.1, -0.05) is 32.1 Å². The number of methoxy groups -OCH3 is 1. The molecule has 0 aromatic rings. The first kappa shape index (κ1) is 16.9. The predicted molar refractivity (Wildman–Crippen MR) is 84.8 cm³/mol. The Hall–Kier alpha value is -1.46. The van der Waals surface area contributed by atoms with Gasteiger partial charge in [-0.25, -0.2) is 9.59 Å². The van der Waals surface area contributed by atoms with E-state index in [1.165, 1.54) is 39.2 Å². The maximum atomic E-state index is 12.2. The molecule has 6 nitrogen and oxygen atoms in total. The number of hydrogen-bond acceptors (Lipinski definition) is 3. The molecule has 1 unspecified atom stereocenters. The van der Waals surface area contributed by atoms with Crippen molar-refractivity contribution in [1.82, 2.24) is 15.5 Å². The van der Waals surface area contributed by atoms with Crippen molar-refractivity contribution in [3.05, 3.63) is 0 Å². The first-order valence-electron chi connectivity index (χ1n) is 8.59. The van der Waals surface area contributed by atoms with Gasteiger partial charge in [0.2, 0.25) is 0 Å². The first-order chi connectivity index (χ1) is 10.7. The van der Waals surface area contributed by atoms with Gasteiger partial charge in [-0.15, -0.1) is 0 Å². The lowest BCUT2D eigenvalue weighted by Gasteiger charge is -2.32. The van der Waals surface area contributed by atoms with E-state index in [4.69, 9.17) is 4.74 Å². The van der Waals surface area contributed by atoms with Crippen LogP contribution in [0.1, 0.15) is 57.8 Å². The topological polar surface area (TPSA) is 70.7 Å². The lowest BCUT2D eigenvalue weighted by atomic mass is 9.97. The smallest absolute Gasteiger partial charge is 0.409 e. The minimum Gasteiger partial charge on any atom is -0.453 e. The average Bonchev–Trinajstić information content (AvgIpc) is 2.49. The Morgan fingerprint density at radius 3 is 2.18 bits per heavy atom. The predicted octanol–water partition coefficient (Wildman–Crippen LogP) is 2.63. The van der Waals surface area contributed by atoms with Gasteiger partial charge in [-0.2, -0.15) is 0 Å². The summed E-state index contributed by atoms with van der Waals surface area (Å²) in [7, 11) is 1.39. The number of rotatable bonds is 2. The van der Waals surface area contributed by atoms with Crippen molar-refractivity contribution < 1.29 is 14.3 Å². The Morgan fingerprint density at radius 2 is 1.50 bits per heavy atom. The fourth-order valence-corrected chi connectivity index (χ4v) is 3.40. The third kappa shape index (κ3) is 5.39. The Kier molecular flexibility index (Phi) is 6.80. The van der Waals surface area contributed by atoms with E-state index in [2.05, 4.69) is 10.6 Å². The van der Waals surface area contributed by atoms with E-state index in [0.29, 0.717) is 19.1 Å². The highest BCUT2D eigenvalue weighted by atomic mass is 16.5. The maximum absolute atomic E-state index is 12.2. The summed E-state index contributed by atoms with van der Waals surface area (Å²) >= 11 is 0. The van der Waals surface area contributed by atoms with Gasteiger partial charge in [0.25, 0.3) is 0 Å². The van der Waals surface area contributed by atoms with E-state index in [1.54, 1.807) is 4.90 Å². The van der Waals surface area contributed by atoms with Crippen LogP contribution in [0.3, 0.4) is 0 Å². The van der Waals surface area contributed by atoms with Crippen LogP contribution < -0.4 is 10.6 Å². The van der Waals surface area contributed by atoms with Gasteiger partial charge in [-0.3, -0.25) is 0 Å². The third-order valence-electron chi connectivity index (χ3n) is 4.63. The van der Waals surface area contributed by atoms with E-state index in [0.717, 1.165) is 25.7 Å². The zero-order chi connectivity index (χ0) is 15.8. The molecule has 0 aromatic heterocycles. The number of carbonyl (C=O) groups is 2. The molecule has 1 saturated heterocycles. The molecule has 1 atom stereocenters. The van der Waals surface area contributed by atoms with Crippen LogP contribution >= 0.6 is 0 Å². The van der Waals surface area contributed by atoms with Crippen LogP contribution in [0.4, 0.5) is 9.59 Å². The van der Waals surface area contributed by atoms with Crippen LogP contribution in [0, 0.1) is 0 Å². The molecule has 2 rings (SSSR count). The number of amides is 3. The van der Waals surface area contributed by atoms with Crippen molar-refractivity contribution in [3.8, 4) is 0 Å². The Balaban J connectivity index is 1.74. The molecule has 0 spiro atoms. The molecular weight excluding hydrogens is 282 g/mol. The standard InChI is InChI=1S/C16H29N3O3/c1-22-16(21)19-11-7-10-14(12-19)18-15(20)17-13-8-5-3-2-4-6-9-13/h13-14H,2-12H2,1H3,(H2,17,18,20). The van der Waals surface area contributed by atoms with E-state index in [-0.39, 0.29) is 18.2 Å². The summed E-state index contributed by atoms with van der Waals surface area (Å²) in [6, 6.07) is 0.212. The van der Waals surface area contributed by atoms with Crippen LogP contribution in [0.25, 0.3) is 0 Å². The average molecular weight is 311 g/mol. The fourth-order valence-electron chi connectivity index (χ4n) is 3.40. The number of urea groups is 1. The zero-order valence-electron chi connectivity index (χ0n) is 13.6. The number of nitrogens with zero attached hydrogens (tertiary/aromatic N) is 1. The molecule has 1 aliphatic carbocycles. The monoisotopic (exact) mass is 311 g/mol. The van der Waals surface area contributed by atoms with Crippen LogP contribution in [0.2, 0.25) is 0 Å². The second-order valence-corrected chi connectivity index (χ2v) is 6.42. The Bertz CT molecular complexity index is 368. The first-order valence-corrected chi connectivity index (χ1v) is 8.59. The molecule has 0 bridgehead atoms. The highest BCUT2D eigenvalue weighted by Crippen LogP contribution is 2.17. The van der Waals surface area contributed by atoms with Crippen LogP contribution in [-0.4, -0.2) is 49.3 Å². The van der Waals surface area contributed by atoms with Crippen molar-refractivity contribution in [3.63, 3.8) is 0 Å². The SMILES string of the molecule is COC(=O)N1CCCC(NC(=O)NC2CCCCCCC2)C1. The highest BCUT2D eigenvalue weighted by molar-refractivity contribution is 5.75. The summed E-state index contributed by atoms with van der Waals surface area (Å²) in [4.78, 5) is 25.4. The van der Waals surface area contributed by atoms with E-state index in [9.17, 15) is 9.59 Å². The summed E-state index contributed by atoms with van der Waals surface area (Å²) in [5, 5.41) is 6.12. The minimum atomic E-state index is -0.313. The van der Waals surface area contributed by atoms with E-state index < -0.39 is 0 Å². The number of likely N-dealkylation sites (tertiary alicyclic amines) is 1. The summed E-state index contributed by atoms with van der Waals surface area (Å²) in [6.45, 7) is 1.24. The normalized spacial score (nSPS) is 24.0. The third-order valence-corrected chi connectivity index (χ3v) is 4.63. The summed E-state index contributed by atoms with van der Waals surface area (Å²) in [5.41, 5.74) is 0. The summed E-state index contributed by atoms with van der Waals surface area (Å²) in [6.07, 6.45) is 9.91. The quantitative estimate of drug-likeness (QED) is 0.823. The van der Waals surface area contributed by atoms with Gasteiger partial charge in [0, 0.05) is 25.2 Å². The van der Waals surface area contributed by atoms with Crippen LogP contribution in [0.15, 0.2) is 0 Å². The van der Waals surface area contributed by atoms with Gasteiger partial charge < -0.3 is 20.3 Å². The van der Waals surface area contributed by atoms with Crippen molar-refractivity contribution in [1.29, 1.82) is 0 Å². The molecule has 2 fully saturated rings. The fraction of sp³-hybridized carbons (Fsp3) is 0.875. The van der Waals surface area contributed by atoms with Gasteiger partial charge in [0.15, 0.2) is 0 Å². The molecule has 126 valence electrons. The van der Waals surface area contributed by atoms with Gasteiger partial charge in [0.1, 0.15) is 0 Å². The lowest BCUT2D eigenvalue weighted by Crippen LogP contribution is -2.53. The molecule has 2 aliphatic rings. The zero-order valence-corrected chi connectivity index (χ0v) is 13.6. The molecule has 1 saturated carbocycles. The van der Waals surface area contributed by atoms with E-state index >= 15 is 0 Å². The molecule has 6 heteroatoms. The second-order valence-electron chi connectivity index (χ2n) is 6.42. The van der Waals surface area contributed by atoms with Crippen molar-refractivity contribution >= 4 is 12.1 Å². The molecule has 0 aromatic carbocycles. The van der Waals surface area contributed by atoms with Crippen molar-refractivity contribution in [2.45, 2.75) is 69.9 Å². The number of carbonyl (C=O) groups excluding carboxylic acids is 2. The summed E-state index contributed by atoms with van der Waals surface area (Å²) in [5.74, 6) is 0. The molecule has 1 heterocycles. The Morgan fingerprint density at radius 1 is 0.909 bits per heavy atom. The minimum absolute atomic E-state index is 0.0152. The number of nitrogens with one attached hydrogen (secondary N) is 2. The van der Waals surface area contributed by atoms with E-state index in [1.807, 2.05) is 0 Å². The Labute approximate surface area is 132 Å². The maximum Gasteiger partial charge on any atom is 0.409 e. The molecule has 22 heavy (non-hydrogen) atoms. The van der Waals surface area contributed by atoms with Crippen LogP contribution in [0.5, 0.6) is 0 Å². The number of hydrogen-bond donors (Lipinski definition) is 2. The lowest BCUT2D eigenvalue weighted by molar-refractivity contribution is 0.108. The molecule has 1 aliphatic heterocycles. The molecular formula is C16H29N3O3. The van der Waals surface area contributed by atoms with Crippen LogP contribution in [-0.2, 0) is 4.74 Å². The molecule has 2 N–H and O–H groups in total. The number of piperidine rings is 1.